The fraction of sp³-hybridized carbons (Fsp3) is 0.238. The van der Waals surface area contributed by atoms with Gasteiger partial charge in [-0.15, -0.1) is 0 Å². The Hall–Kier alpha value is -2.90. The van der Waals surface area contributed by atoms with E-state index in [4.69, 9.17) is 11.6 Å². The first-order chi connectivity index (χ1) is 14.0. The second-order valence-electron chi connectivity index (χ2n) is 6.96. The molecule has 4 rings (SSSR count). The third-order valence-corrected chi connectivity index (χ3v) is 5.17. The number of amides is 1. The molecule has 1 atom stereocenters. The fourth-order valence-electron chi connectivity index (χ4n) is 3.35. The highest BCUT2D eigenvalue weighted by molar-refractivity contribution is 6.35. The summed E-state index contributed by atoms with van der Waals surface area (Å²) < 4.78 is 13.0. The van der Waals surface area contributed by atoms with Crippen molar-refractivity contribution in [2.45, 2.75) is 12.5 Å². The van der Waals surface area contributed by atoms with Gasteiger partial charge in [0, 0.05) is 24.2 Å². The number of nitrogens with one attached hydrogen (secondary N) is 2. The number of rotatable bonds is 5. The molecule has 1 unspecified atom stereocenters. The van der Waals surface area contributed by atoms with Gasteiger partial charge in [0.2, 0.25) is 5.91 Å². The molecule has 3 N–H and O–H groups in total. The minimum atomic E-state index is -0.335. The van der Waals surface area contributed by atoms with E-state index < -0.39 is 0 Å². The van der Waals surface area contributed by atoms with Gasteiger partial charge in [-0.2, -0.15) is 0 Å². The van der Waals surface area contributed by atoms with Crippen molar-refractivity contribution in [1.29, 1.82) is 0 Å². The highest BCUT2D eigenvalue weighted by Crippen LogP contribution is 2.32. The number of aliphatic hydroxyl groups excluding tert-OH is 1. The number of nitrogens with zero attached hydrogens (tertiary/aromatic N) is 2. The summed E-state index contributed by atoms with van der Waals surface area (Å²) in [5.41, 5.74) is 1.84. The van der Waals surface area contributed by atoms with Crippen LogP contribution in [0.5, 0.6) is 0 Å². The summed E-state index contributed by atoms with van der Waals surface area (Å²) >= 11 is 6.32. The number of aliphatic hydroxyl groups is 1. The Labute approximate surface area is 172 Å². The molecule has 1 fully saturated rings. The Balaban J connectivity index is 1.50. The molecule has 3 aromatic rings. The highest BCUT2D eigenvalue weighted by Gasteiger charge is 2.22. The Morgan fingerprint density at radius 1 is 1.21 bits per heavy atom. The lowest BCUT2D eigenvalue weighted by Crippen LogP contribution is -2.23. The number of carbonyl (C=O) groups is 1. The number of pyridine rings is 1. The molecular weight excluding hydrogens is 395 g/mol. The number of fused-ring (bicyclic) bond motifs is 1. The molecule has 0 aliphatic carbocycles. The first-order valence-corrected chi connectivity index (χ1v) is 9.69. The Morgan fingerprint density at radius 3 is 2.72 bits per heavy atom. The standard InChI is InChI=1S/C21H20ClFN4O2/c22-17-6-7-18-16(5-8-19(25-18)27-10-9-15(28)12-27)21(17)26-20(29)11-24-14-3-1-13(23)2-4-14/h1-8,15,24,28H,9-12H2,(H,26,29). The molecule has 29 heavy (non-hydrogen) atoms. The molecule has 2 aromatic carbocycles. The number of hydrogen-bond acceptors (Lipinski definition) is 5. The molecule has 8 heteroatoms. The molecule has 1 saturated heterocycles. The molecule has 6 nitrogen and oxygen atoms in total. The summed E-state index contributed by atoms with van der Waals surface area (Å²) in [6.45, 7) is 1.33. The van der Waals surface area contributed by atoms with E-state index in [1.807, 2.05) is 17.0 Å². The molecule has 1 amide bonds. The van der Waals surface area contributed by atoms with E-state index in [0.717, 1.165) is 24.2 Å². The number of hydrogen-bond donors (Lipinski definition) is 3. The van der Waals surface area contributed by atoms with Crippen LogP contribution in [0.3, 0.4) is 0 Å². The number of β-amino-alcohol motifs (C(OH)–C–C–N with tert-alkyl or cyclic N) is 1. The van der Waals surface area contributed by atoms with Crippen molar-refractivity contribution in [1.82, 2.24) is 4.98 Å². The number of halogens is 2. The smallest absolute Gasteiger partial charge is 0.243 e. The highest BCUT2D eigenvalue weighted by atomic mass is 35.5. The van der Waals surface area contributed by atoms with Crippen LogP contribution in [0, 0.1) is 5.82 Å². The summed E-state index contributed by atoms with van der Waals surface area (Å²) in [7, 11) is 0. The SMILES string of the molecule is O=C(CNc1ccc(F)cc1)Nc1c(Cl)ccc2nc(N3CCC(O)C3)ccc12. The number of carbonyl (C=O) groups excluding carboxylic acids is 1. The molecule has 150 valence electrons. The van der Waals surface area contributed by atoms with E-state index in [1.54, 1.807) is 24.3 Å². The zero-order valence-electron chi connectivity index (χ0n) is 15.5. The van der Waals surface area contributed by atoms with E-state index in [9.17, 15) is 14.3 Å². The first kappa shape index (κ1) is 19.4. The fourth-order valence-corrected chi connectivity index (χ4v) is 3.57. The lowest BCUT2D eigenvalue weighted by Gasteiger charge is -2.18. The van der Waals surface area contributed by atoms with Gasteiger partial charge in [0.1, 0.15) is 11.6 Å². The van der Waals surface area contributed by atoms with Gasteiger partial charge in [-0.25, -0.2) is 9.37 Å². The van der Waals surface area contributed by atoms with Crippen LogP contribution < -0.4 is 15.5 Å². The zero-order chi connectivity index (χ0) is 20.4. The minimum absolute atomic E-state index is 0.00945. The lowest BCUT2D eigenvalue weighted by atomic mass is 10.1. The van der Waals surface area contributed by atoms with Crippen LogP contribution in [0.1, 0.15) is 6.42 Å². The van der Waals surface area contributed by atoms with Crippen molar-refractivity contribution in [3.8, 4) is 0 Å². The van der Waals surface area contributed by atoms with Gasteiger partial charge >= 0.3 is 0 Å². The zero-order valence-corrected chi connectivity index (χ0v) is 16.3. The van der Waals surface area contributed by atoms with Crippen LogP contribution in [-0.2, 0) is 4.79 Å². The first-order valence-electron chi connectivity index (χ1n) is 9.31. The van der Waals surface area contributed by atoms with Gasteiger partial charge in [-0.1, -0.05) is 11.6 Å². The maximum atomic E-state index is 13.0. The van der Waals surface area contributed by atoms with Crippen molar-refractivity contribution in [2.75, 3.05) is 35.2 Å². The van der Waals surface area contributed by atoms with Gasteiger partial charge in [-0.05, 0) is 55.0 Å². The van der Waals surface area contributed by atoms with Crippen molar-refractivity contribution in [3.05, 3.63) is 59.4 Å². The molecule has 0 saturated carbocycles. The van der Waals surface area contributed by atoms with Crippen LogP contribution in [0.4, 0.5) is 21.6 Å². The second kappa shape index (κ2) is 8.23. The average Bonchev–Trinajstić information content (AvgIpc) is 3.16. The van der Waals surface area contributed by atoms with Crippen molar-refractivity contribution >= 4 is 45.6 Å². The molecule has 1 aliphatic rings. The predicted molar refractivity (Wildman–Crippen MR) is 113 cm³/mol. The molecule has 0 spiro atoms. The molecule has 1 aliphatic heterocycles. The van der Waals surface area contributed by atoms with Crippen LogP contribution in [0.25, 0.3) is 10.9 Å². The third-order valence-electron chi connectivity index (χ3n) is 4.85. The van der Waals surface area contributed by atoms with Gasteiger partial charge in [0.05, 0.1) is 28.9 Å². The Kier molecular flexibility index (Phi) is 5.51. The van der Waals surface area contributed by atoms with E-state index >= 15 is 0 Å². The van der Waals surface area contributed by atoms with Crippen molar-refractivity contribution < 1.29 is 14.3 Å². The van der Waals surface area contributed by atoms with Crippen LogP contribution in [0.15, 0.2) is 48.5 Å². The second-order valence-corrected chi connectivity index (χ2v) is 7.36. The van der Waals surface area contributed by atoms with Gasteiger partial charge in [-0.3, -0.25) is 4.79 Å². The van der Waals surface area contributed by atoms with E-state index in [0.29, 0.717) is 28.5 Å². The summed E-state index contributed by atoms with van der Waals surface area (Å²) in [5, 5.41) is 16.7. The summed E-state index contributed by atoms with van der Waals surface area (Å²) in [5.74, 6) is 0.167. The molecule has 1 aromatic heterocycles. The van der Waals surface area contributed by atoms with Gasteiger partial charge < -0.3 is 20.6 Å². The largest absolute Gasteiger partial charge is 0.391 e. The van der Waals surface area contributed by atoms with E-state index in [-0.39, 0.29) is 24.4 Å². The maximum Gasteiger partial charge on any atom is 0.243 e. The summed E-state index contributed by atoms with van der Waals surface area (Å²) in [4.78, 5) is 19.1. The molecule has 0 radical (unpaired) electrons. The summed E-state index contributed by atoms with van der Waals surface area (Å²) in [6, 6.07) is 13.0. The summed E-state index contributed by atoms with van der Waals surface area (Å²) in [6.07, 6.45) is 0.393. The normalized spacial score (nSPS) is 16.2. The molecular formula is C21H20ClFN4O2. The lowest BCUT2D eigenvalue weighted by molar-refractivity contribution is -0.114. The van der Waals surface area contributed by atoms with E-state index in [1.165, 1.54) is 12.1 Å². The topological polar surface area (TPSA) is 77.5 Å². The van der Waals surface area contributed by atoms with Crippen molar-refractivity contribution in [2.24, 2.45) is 0 Å². The quantitative estimate of drug-likeness (QED) is 0.594. The van der Waals surface area contributed by atoms with Gasteiger partial charge in [0.25, 0.3) is 0 Å². The number of aromatic nitrogens is 1. The minimum Gasteiger partial charge on any atom is -0.391 e. The Morgan fingerprint density at radius 2 is 2.00 bits per heavy atom. The monoisotopic (exact) mass is 414 g/mol. The molecule has 0 bridgehead atoms. The Bertz CT molecular complexity index is 1040. The number of anilines is 3. The number of benzene rings is 2. The molecule has 2 heterocycles. The van der Waals surface area contributed by atoms with Gasteiger partial charge in [0.15, 0.2) is 0 Å². The van der Waals surface area contributed by atoms with Crippen LogP contribution in [-0.4, -0.2) is 41.7 Å². The van der Waals surface area contributed by atoms with Crippen LogP contribution >= 0.6 is 11.6 Å². The third kappa shape index (κ3) is 4.41. The van der Waals surface area contributed by atoms with Crippen molar-refractivity contribution in [3.63, 3.8) is 0 Å². The van der Waals surface area contributed by atoms with Crippen LogP contribution in [0.2, 0.25) is 5.02 Å². The maximum absolute atomic E-state index is 13.0. The van der Waals surface area contributed by atoms with E-state index in [2.05, 4.69) is 15.6 Å². The average molecular weight is 415 g/mol. The predicted octanol–water partition coefficient (Wildman–Crippen LogP) is 3.65.